The van der Waals surface area contributed by atoms with Crippen molar-refractivity contribution in [2.75, 3.05) is 12.4 Å². The van der Waals surface area contributed by atoms with Crippen molar-refractivity contribution < 1.29 is 0 Å². The lowest BCUT2D eigenvalue weighted by atomic mass is 9.98. The maximum atomic E-state index is 4.77. The van der Waals surface area contributed by atoms with E-state index in [4.69, 9.17) is 4.98 Å². The minimum absolute atomic E-state index is 0.409. The Balaban J connectivity index is 3.17. The van der Waals surface area contributed by atoms with Crippen LogP contribution in [0.3, 0.4) is 0 Å². The van der Waals surface area contributed by atoms with Crippen LogP contribution in [0.15, 0.2) is 0 Å². The summed E-state index contributed by atoms with van der Waals surface area (Å²) in [7, 11) is 1.92. The Labute approximate surface area is 124 Å². The molecule has 0 radical (unpaired) electrons. The maximum Gasteiger partial charge on any atom is 0.143 e. The standard InChI is InChI=1S/C14H24IN3/c1-8(2)7-10(5)13-17-12(9(3)4)11(15)14(16-6)18-13/h8-10H,7H2,1-6H3,(H,16,17,18). The molecule has 0 bridgehead atoms. The molecule has 1 aromatic heterocycles. The van der Waals surface area contributed by atoms with Crippen LogP contribution < -0.4 is 5.32 Å². The van der Waals surface area contributed by atoms with Crippen molar-refractivity contribution in [1.29, 1.82) is 0 Å². The molecule has 0 fully saturated rings. The lowest BCUT2D eigenvalue weighted by molar-refractivity contribution is 0.505. The Hall–Kier alpha value is -0.390. The molecule has 18 heavy (non-hydrogen) atoms. The van der Waals surface area contributed by atoms with Crippen molar-refractivity contribution >= 4 is 28.4 Å². The van der Waals surface area contributed by atoms with Gasteiger partial charge in [0.25, 0.3) is 0 Å². The average Bonchev–Trinajstić information content (AvgIpc) is 2.27. The lowest BCUT2D eigenvalue weighted by Crippen LogP contribution is -2.12. The summed E-state index contributed by atoms with van der Waals surface area (Å²) in [6.45, 7) is 11.1. The molecule has 1 atom stereocenters. The maximum absolute atomic E-state index is 4.77. The molecule has 102 valence electrons. The van der Waals surface area contributed by atoms with E-state index < -0.39 is 0 Å². The van der Waals surface area contributed by atoms with Crippen molar-refractivity contribution in [3.05, 3.63) is 15.1 Å². The third-order valence-corrected chi connectivity index (χ3v) is 4.01. The summed E-state index contributed by atoms with van der Waals surface area (Å²) in [6.07, 6.45) is 1.13. The van der Waals surface area contributed by atoms with E-state index in [1.54, 1.807) is 0 Å². The quantitative estimate of drug-likeness (QED) is 0.791. The summed E-state index contributed by atoms with van der Waals surface area (Å²) in [6, 6.07) is 0. The Morgan fingerprint density at radius 2 is 1.72 bits per heavy atom. The third kappa shape index (κ3) is 3.80. The molecule has 0 amide bonds. The molecule has 1 aromatic rings. The Bertz CT molecular complexity index is 402. The van der Waals surface area contributed by atoms with Crippen LogP contribution >= 0.6 is 22.6 Å². The molecular formula is C14H24IN3. The highest BCUT2D eigenvalue weighted by molar-refractivity contribution is 14.1. The number of hydrogen-bond donors (Lipinski definition) is 1. The van der Waals surface area contributed by atoms with Crippen LogP contribution in [-0.2, 0) is 0 Å². The van der Waals surface area contributed by atoms with Gasteiger partial charge in [-0.3, -0.25) is 0 Å². The molecule has 0 aliphatic heterocycles. The van der Waals surface area contributed by atoms with Crippen LogP contribution in [0.5, 0.6) is 0 Å². The summed E-state index contributed by atoms with van der Waals surface area (Å²) in [5, 5.41) is 3.18. The number of nitrogens with zero attached hydrogens (tertiary/aromatic N) is 2. The van der Waals surface area contributed by atoms with Crippen LogP contribution in [-0.4, -0.2) is 17.0 Å². The smallest absolute Gasteiger partial charge is 0.143 e. The first-order valence-corrected chi connectivity index (χ1v) is 7.69. The molecule has 3 nitrogen and oxygen atoms in total. The van der Waals surface area contributed by atoms with Gasteiger partial charge in [-0.25, -0.2) is 9.97 Å². The fraction of sp³-hybridized carbons (Fsp3) is 0.714. The zero-order valence-corrected chi connectivity index (χ0v) is 14.4. The predicted octanol–water partition coefficient (Wildman–Crippen LogP) is 4.40. The van der Waals surface area contributed by atoms with E-state index in [-0.39, 0.29) is 0 Å². The van der Waals surface area contributed by atoms with Crippen LogP contribution in [0, 0.1) is 9.49 Å². The molecular weight excluding hydrogens is 337 g/mol. The first kappa shape index (κ1) is 15.7. The van der Waals surface area contributed by atoms with Crippen LogP contribution in [0.4, 0.5) is 5.82 Å². The Morgan fingerprint density at radius 3 is 2.17 bits per heavy atom. The van der Waals surface area contributed by atoms with Gasteiger partial charge >= 0.3 is 0 Å². The topological polar surface area (TPSA) is 37.8 Å². The molecule has 0 saturated carbocycles. The van der Waals surface area contributed by atoms with Gasteiger partial charge in [-0.15, -0.1) is 0 Å². The van der Waals surface area contributed by atoms with E-state index in [1.807, 2.05) is 7.05 Å². The summed E-state index contributed by atoms with van der Waals surface area (Å²) >= 11 is 2.33. The second kappa shape index (κ2) is 6.68. The largest absolute Gasteiger partial charge is 0.372 e. The summed E-state index contributed by atoms with van der Waals surface area (Å²) < 4.78 is 1.14. The molecule has 0 aromatic carbocycles. The summed E-state index contributed by atoms with van der Waals surface area (Å²) in [5.41, 5.74) is 1.15. The van der Waals surface area contributed by atoms with Crippen LogP contribution in [0.2, 0.25) is 0 Å². The number of rotatable bonds is 5. The number of nitrogens with one attached hydrogen (secondary N) is 1. The van der Waals surface area contributed by atoms with Crippen molar-refractivity contribution in [2.24, 2.45) is 5.92 Å². The van der Waals surface area contributed by atoms with E-state index in [0.29, 0.717) is 17.8 Å². The number of hydrogen-bond acceptors (Lipinski definition) is 3. The van der Waals surface area contributed by atoms with Crippen molar-refractivity contribution in [1.82, 2.24) is 9.97 Å². The summed E-state index contributed by atoms with van der Waals surface area (Å²) in [5.74, 6) is 3.43. The normalized spacial score (nSPS) is 13.2. The minimum Gasteiger partial charge on any atom is -0.372 e. The third-order valence-electron chi connectivity index (χ3n) is 2.94. The lowest BCUT2D eigenvalue weighted by Gasteiger charge is -2.18. The van der Waals surface area contributed by atoms with Gasteiger partial charge in [-0.2, -0.15) is 0 Å². The van der Waals surface area contributed by atoms with E-state index >= 15 is 0 Å². The fourth-order valence-electron chi connectivity index (χ4n) is 2.06. The molecule has 0 saturated heterocycles. The van der Waals surface area contributed by atoms with Crippen LogP contribution in [0.1, 0.15) is 64.4 Å². The molecule has 1 unspecified atom stereocenters. The van der Waals surface area contributed by atoms with E-state index in [0.717, 1.165) is 27.3 Å². The van der Waals surface area contributed by atoms with Crippen molar-refractivity contribution in [2.45, 2.75) is 52.9 Å². The van der Waals surface area contributed by atoms with Crippen molar-refractivity contribution in [3.8, 4) is 0 Å². The van der Waals surface area contributed by atoms with Gasteiger partial charge in [-0.1, -0.05) is 34.6 Å². The highest BCUT2D eigenvalue weighted by Gasteiger charge is 2.18. The minimum atomic E-state index is 0.409. The molecule has 1 rings (SSSR count). The average molecular weight is 361 g/mol. The Kier molecular flexibility index (Phi) is 5.82. The second-order valence-corrected chi connectivity index (χ2v) is 6.64. The van der Waals surface area contributed by atoms with Gasteiger partial charge in [0.2, 0.25) is 0 Å². The molecule has 4 heteroatoms. The molecule has 1 N–H and O–H groups in total. The first-order valence-electron chi connectivity index (χ1n) is 6.61. The van der Waals surface area contributed by atoms with Gasteiger partial charge in [0.05, 0.1) is 9.26 Å². The zero-order valence-electron chi connectivity index (χ0n) is 12.2. The highest BCUT2D eigenvalue weighted by atomic mass is 127. The highest BCUT2D eigenvalue weighted by Crippen LogP contribution is 2.28. The number of halogens is 1. The van der Waals surface area contributed by atoms with E-state index in [9.17, 15) is 0 Å². The zero-order chi connectivity index (χ0) is 13.9. The van der Waals surface area contributed by atoms with Gasteiger partial charge in [0, 0.05) is 13.0 Å². The summed E-state index contributed by atoms with van der Waals surface area (Å²) in [4.78, 5) is 9.43. The molecule has 0 spiro atoms. The van der Waals surface area contributed by atoms with Gasteiger partial charge in [0.15, 0.2) is 0 Å². The first-order chi connectivity index (χ1) is 8.36. The fourth-order valence-corrected chi connectivity index (χ4v) is 3.20. The molecule has 0 aliphatic carbocycles. The SMILES string of the molecule is CNc1nc(C(C)CC(C)C)nc(C(C)C)c1I. The number of aromatic nitrogens is 2. The van der Waals surface area contributed by atoms with Gasteiger partial charge < -0.3 is 5.32 Å². The molecule has 1 heterocycles. The second-order valence-electron chi connectivity index (χ2n) is 5.56. The van der Waals surface area contributed by atoms with Gasteiger partial charge in [0.1, 0.15) is 11.6 Å². The monoisotopic (exact) mass is 361 g/mol. The van der Waals surface area contributed by atoms with Crippen molar-refractivity contribution in [3.63, 3.8) is 0 Å². The predicted molar refractivity (Wildman–Crippen MR) is 86.3 cm³/mol. The van der Waals surface area contributed by atoms with E-state index in [1.165, 1.54) is 0 Å². The van der Waals surface area contributed by atoms with Crippen LogP contribution in [0.25, 0.3) is 0 Å². The van der Waals surface area contributed by atoms with Gasteiger partial charge in [-0.05, 0) is 40.8 Å². The number of anilines is 1. The Morgan fingerprint density at radius 1 is 1.11 bits per heavy atom. The van der Waals surface area contributed by atoms with E-state index in [2.05, 4.69) is 67.5 Å². The molecule has 0 aliphatic rings.